The molecule has 0 aromatic carbocycles. The Kier molecular flexibility index (Phi) is 5.29. The van der Waals surface area contributed by atoms with E-state index in [-0.39, 0.29) is 0 Å². The van der Waals surface area contributed by atoms with Gasteiger partial charge in [-0.1, -0.05) is 0 Å². The Hall–Kier alpha value is -1.44. The molecule has 3 fully saturated rings. The minimum Gasteiger partial charge on any atom is -0.368 e. The van der Waals surface area contributed by atoms with Crippen LogP contribution >= 0.6 is 0 Å². The molecule has 1 aromatic heterocycles. The summed E-state index contributed by atoms with van der Waals surface area (Å²) in [6.07, 6.45) is 4.71. The van der Waals surface area contributed by atoms with E-state index in [1.807, 2.05) is 0 Å². The molecule has 7 heteroatoms. The molecule has 2 saturated heterocycles. The number of rotatable bonds is 4. The minimum absolute atomic E-state index is 0.322. The van der Waals surface area contributed by atoms with Crippen LogP contribution in [0.2, 0.25) is 0 Å². The molecule has 2 aliphatic heterocycles. The van der Waals surface area contributed by atoms with Crippen molar-refractivity contribution in [3.8, 4) is 0 Å². The Labute approximate surface area is 156 Å². The van der Waals surface area contributed by atoms with Gasteiger partial charge in [-0.25, -0.2) is 4.98 Å². The monoisotopic (exact) mass is 359 g/mol. The maximum absolute atomic E-state index is 5.98. The maximum Gasteiger partial charge on any atom is 0.222 e. The van der Waals surface area contributed by atoms with Crippen LogP contribution in [0.4, 0.5) is 11.8 Å². The number of anilines is 2. The summed E-state index contributed by atoms with van der Waals surface area (Å²) in [7, 11) is 2.23. The summed E-state index contributed by atoms with van der Waals surface area (Å²) in [5.74, 6) is 2.71. The molecule has 0 atom stereocenters. The Morgan fingerprint density at radius 1 is 1.04 bits per heavy atom. The van der Waals surface area contributed by atoms with E-state index in [0.717, 1.165) is 56.5 Å². The molecule has 0 radical (unpaired) electrons. The molecule has 3 heterocycles. The Morgan fingerprint density at radius 2 is 1.73 bits per heavy atom. The second-order valence-corrected chi connectivity index (χ2v) is 8.47. The molecule has 1 aromatic rings. The van der Waals surface area contributed by atoms with E-state index in [1.54, 1.807) is 0 Å². The van der Waals surface area contributed by atoms with Crippen LogP contribution in [0.15, 0.2) is 6.07 Å². The van der Waals surface area contributed by atoms with Gasteiger partial charge in [-0.2, -0.15) is 4.98 Å². The second kappa shape index (κ2) is 7.66. The smallest absolute Gasteiger partial charge is 0.222 e. The third-order valence-corrected chi connectivity index (χ3v) is 6.39. The summed E-state index contributed by atoms with van der Waals surface area (Å²) in [5.41, 5.74) is 13.0. The second-order valence-electron chi connectivity index (χ2n) is 8.47. The van der Waals surface area contributed by atoms with Gasteiger partial charge in [-0.3, -0.25) is 4.90 Å². The molecule has 1 saturated carbocycles. The predicted molar refractivity (Wildman–Crippen MR) is 105 cm³/mol. The minimum atomic E-state index is 0.322. The molecule has 7 nitrogen and oxygen atoms in total. The first-order valence-electron chi connectivity index (χ1n) is 10.1. The number of likely N-dealkylation sites (tertiary alicyclic amines) is 1. The fraction of sp³-hybridized carbons (Fsp3) is 0.789. The number of hydrogen-bond donors (Lipinski definition) is 2. The number of nitrogen functional groups attached to an aromatic ring is 1. The molecule has 4 rings (SSSR count). The molecular formula is C19H33N7. The van der Waals surface area contributed by atoms with Gasteiger partial charge in [0.15, 0.2) is 0 Å². The van der Waals surface area contributed by atoms with Crippen LogP contribution < -0.4 is 16.4 Å². The fourth-order valence-corrected chi connectivity index (χ4v) is 4.52. The molecular weight excluding hydrogens is 326 g/mol. The van der Waals surface area contributed by atoms with Gasteiger partial charge in [-0.15, -0.1) is 0 Å². The summed E-state index contributed by atoms with van der Waals surface area (Å²) in [4.78, 5) is 16.4. The lowest BCUT2D eigenvalue weighted by Gasteiger charge is -2.39. The molecule has 0 amide bonds. The average Bonchev–Trinajstić information content (AvgIpc) is 2.61. The van der Waals surface area contributed by atoms with Crippen molar-refractivity contribution in [2.45, 2.75) is 37.6 Å². The Morgan fingerprint density at radius 3 is 2.38 bits per heavy atom. The first-order valence-corrected chi connectivity index (χ1v) is 10.1. The Bertz CT molecular complexity index is 600. The molecule has 26 heavy (non-hydrogen) atoms. The van der Waals surface area contributed by atoms with E-state index < -0.39 is 0 Å². The topological polar surface area (TPSA) is 87.5 Å². The third-order valence-electron chi connectivity index (χ3n) is 6.39. The van der Waals surface area contributed by atoms with Gasteiger partial charge in [0.25, 0.3) is 0 Å². The van der Waals surface area contributed by atoms with Crippen LogP contribution in [0.25, 0.3) is 0 Å². The van der Waals surface area contributed by atoms with Crippen molar-refractivity contribution in [1.29, 1.82) is 0 Å². The van der Waals surface area contributed by atoms with Gasteiger partial charge < -0.3 is 21.3 Å². The lowest BCUT2D eigenvalue weighted by atomic mass is 9.78. The van der Waals surface area contributed by atoms with Gasteiger partial charge in [0.05, 0.1) is 5.69 Å². The predicted octanol–water partition coefficient (Wildman–Crippen LogP) is 0.727. The van der Waals surface area contributed by atoms with Crippen molar-refractivity contribution in [2.75, 3.05) is 63.5 Å². The quantitative estimate of drug-likeness (QED) is 0.819. The highest BCUT2D eigenvalue weighted by molar-refractivity contribution is 5.45. The third kappa shape index (κ3) is 4.10. The van der Waals surface area contributed by atoms with Crippen molar-refractivity contribution in [1.82, 2.24) is 19.8 Å². The van der Waals surface area contributed by atoms with Crippen molar-refractivity contribution in [3.05, 3.63) is 11.8 Å². The zero-order chi connectivity index (χ0) is 18.1. The maximum atomic E-state index is 5.98. The van der Waals surface area contributed by atoms with Gasteiger partial charge in [0, 0.05) is 50.7 Å². The SMILES string of the molecule is CN1CCC(CN2CCN(c3cc(C4CC(N)C4)nc(N)n3)CC2)CC1. The number of piperidine rings is 1. The van der Waals surface area contributed by atoms with Crippen molar-refractivity contribution >= 4 is 11.8 Å². The van der Waals surface area contributed by atoms with Crippen molar-refractivity contribution < 1.29 is 0 Å². The lowest BCUT2D eigenvalue weighted by molar-refractivity contribution is 0.155. The van der Waals surface area contributed by atoms with E-state index >= 15 is 0 Å². The van der Waals surface area contributed by atoms with Crippen LogP contribution in [0.1, 0.15) is 37.3 Å². The highest BCUT2D eigenvalue weighted by Crippen LogP contribution is 2.36. The summed E-state index contributed by atoms with van der Waals surface area (Å²) >= 11 is 0. The number of hydrogen-bond acceptors (Lipinski definition) is 7. The van der Waals surface area contributed by atoms with E-state index in [2.05, 4.69) is 37.8 Å². The molecule has 0 spiro atoms. The zero-order valence-corrected chi connectivity index (χ0v) is 16.0. The summed E-state index contributed by atoms with van der Waals surface area (Å²) in [6.45, 7) is 8.01. The van der Waals surface area contributed by atoms with Gasteiger partial charge in [0.1, 0.15) is 5.82 Å². The van der Waals surface area contributed by atoms with Gasteiger partial charge in [-0.05, 0) is 51.7 Å². The molecule has 4 N–H and O–H groups in total. The lowest BCUT2D eigenvalue weighted by Crippen LogP contribution is -2.49. The number of aromatic nitrogens is 2. The van der Waals surface area contributed by atoms with Crippen LogP contribution in [0.3, 0.4) is 0 Å². The molecule has 3 aliphatic rings. The summed E-state index contributed by atoms with van der Waals surface area (Å²) in [5, 5.41) is 0. The van der Waals surface area contributed by atoms with E-state index in [4.69, 9.17) is 11.5 Å². The molecule has 0 bridgehead atoms. The first-order chi connectivity index (χ1) is 12.6. The van der Waals surface area contributed by atoms with Gasteiger partial charge >= 0.3 is 0 Å². The summed E-state index contributed by atoms with van der Waals surface area (Å²) in [6, 6.07) is 2.46. The molecule has 0 unspecified atom stereocenters. The van der Waals surface area contributed by atoms with Crippen LogP contribution in [0, 0.1) is 5.92 Å². The Balaban J connectivity index is 1.31. The number of nitrogens with zero attached hydrogens (tertiary/aromatic N) is 5. The highest BCUT2D eigenvalue weighted by Gasteiger charge is 2.30. The van der Waals surface area contributed by atoms with Crippen LogP contribution in [0.5, 0.6) is 0 Å². The van der Waals surface area contributed by atoms with E-state index in [9.17, 15) is 0 Å². The van der Waals surface area contributed by atoms with Crippen LogP contribution in [-0.2, 0) is 0 Å². The normalized spacial score (nSPS) is 28.9. The van der Waals surface area contributed by atoms with Gasteiger partial charge in [0.2, 0.25) is 5.95 Å². The van der Waals surface area contributed by atoms with Crippen LogP contribution in [-0.4, -0.2) is 78.7 Å². The van der Waals surface area contributed by atoms with Crippen molar-refractivity contribution in [3.63, 3.8) is 0 Å². The largest absolute Gasteiger partial charge is 0.368 e. The van der Waals surface area contributed by atoms with E-state index in [1.165, 1.54) is 32.5 Å². The van der Waals surface area contributed by atoms with Crippen molar-refractivity contribution in [2.24, 2.45) is 11.7 Å². The molecule has 144 valence electrons. The van der Waals surface area contributed by atoms with E-state index in [0.29, 0.717) is 17.9 Å². The number of piperazine rings is 1. The fourth-order valence-electron chi connectivity index (χ4n) is 4.52. The number of nitrogens with two attached hydrogens (primary N) is 2. The average molecular weight is 360 g/mol. The standard InChI is InChI=1S/C19H33N7/c1-24-4-2-14(3-5-24)13-25-6-8-26(9-7-25)18-12-17(22-19(21)23-18)15-10-16(20)11-15/h12,14-16H,2-11,13,20H2,1H3,(H2,21,22,23). The molecule has 1 aliphatic carbocycles. The first kappa shape index (κ1) is 17.9. The zero-order valence-electron chi connectivity index (χ0n) is 16.0. The summed E-state index contributed by atoms with van der Waals surface area (Å²) < 4.78 is 0. The highest BCUT2D eigenvalue weighted by atomic mass is 15.3.